The largest absolute Gasteiger partial charge is 0.434 e. The van der Waals surface area contributed by atoms with Gasteiger partial charge in [-0.2, -0.15) is 13.2 Å². The van der Waals surface area contributed by atoms with Crippen molar-refractivity contribution in [1.29, 1.82) is 0 Å². The topological polar surface area (TPSA) is 55.0 Å². The number of hydrogen-bond donors (Lipinski definition) is 1. The summed E-state index contributed by atoms with van der Waals surface area (Å²) in [6.07, 6.45) is 0. The average Bonchev–Trinajstić information content (AvgIpc) is 2.35. The molecule has 4 nitrogen and oxygen atoms in total. The molecule has 0 fully saturated rings. The third-order valence-corrected chi connectivity index (χ3v) is 2.39. The Bertz CT molecular complexity index is 656. The number of hydrogen-bond acceptors (Lipinski definition) is 3. The maximum atomic E-state index is 13.2. The predicted octanol–water partition coefficient (Wildman–Crippen LogP) is 2.49. The number of nitrogens with zero attached hydrogens (tertiary/aromatic N) is 1. The molecule has 0 radical (unpaired) electrons. The van der Waals surface area contributed by atoms with Crippen molar-refractivity contribution in [1.82, 2.24) is 9.97 Å². The second-order valence-corrected chi connectivity index (χ2v) is 3.69. The Kier molecular flexibility index (Phi) is 3.55. The molecule has 0 saturated carbocycles. The molecule has 1 aromatic carbocycles. The minimum atomic E-state index is -3.01. The molecule has 0 aliphatic carbocycles. The summed E-state index contributed by atoms with van der Waals surface area (Å²) in [5, 5.41) is 0. The number of rotatable bonds is 3. The molecule has 7 heteroatoms. The normalized spacial score (nSPS) is 10.8. The first kappa shape index (κ1) is 13.1. The van der Waals surface area contributed by atoms with E-state index in [-0.39, 0.29) is 22.8 Å². The van der Waals surface area contributed by atoms with E-state index in [1.54, 1.807) is 6.07 Å². The van der Waals surface area contributed by atoms with E-state index in [0.717, 1.165) is 0 Å². The fourth-order valence-electron chi connectivity index (χ4n) is 1.56. The summed E-state index contributed by atoms with van der Waals surface area (Å²) < 4.78 is 42.0. The first-order chi connectivity index (χ1) is 8.99. The van der Waals surface area contributed by atoms with Gasteiger partial charge < -0.3 is 9.72 Å². The van der Waals surface area contributed by atoms with Crippen LogP contribution in [0.1, 0.15) is 5.69 Å². The molecule has 1 aromatic heterocycles. The number of benzene rings is 1. The standard InChI is InChI=1S/C12H9F3N2O2/c1-6-9(13)11(18)17-10(16-6)7-4-2-3-5-8(7)19-12(14)15/h2-5,12H,1H3,(H,16,17,18). The van der Waals surface area contributed by atoms with Gasteiger partial charge in [0.05, 0.1) is 11.3 Å². The molecule has 0 aliphatic rings. The third-order valence-electron chi connectivity index (χ3n) is 2.39. The van der Waals surface area contributed by atoms with Crippen molar-refractivity contribution in [3.8, 4) is 17.1 Å². The van der Waals surface area contributed by atoms with E-state index in [2.05, 4.69) is 14.7 Å². The monoisotopic (exact) mass is 270 g/mol. The molecule has 0 saturated heterocycles. The highest BCUT2D eigenvalue weighted by Gasteiger charge is 2.14. The van der Waals surface area contributed by atoms with Gasteiger partial charge in [0.2, 0.25) is 5.82 Å². The van der Waals surface area contributed by atoms with Gasteiger partial charge in [-0.25, -0.2) is 4.98 Å². The van der Waals surface area contributed by atoms with E-state index >= 15 is 0 Å². The van der Waals surface area contributed by atoms with Gasteiger partial charge in [-0.3, -0.25) is 4.79 Å². The quantitative estimate of drug-likeness (QED) is 0.932. The van der Waals surface area contributed by atoms with Crippen LogP contribution in [0.4, 0.5) is 13.2 Å². The van der Waals surface area contributed by atoms with E-state index < -0.39 is 18.0 Å². The number of halogens is 3. The maximum absolute atomic E-state index is 13.2. The highest BCUT2D eigenvalue weighted by molar-refractivity contribution is 5.63. The molecule has 19 heavy (non-hydrogen) atoms. The molecule has 1 heterocycles. The van der Waals surface area contributed by atoms with Gasteiger partial charge in [-0.15, -0.1) is 0 Å². The number of nitrogens with one attached hydrogen (secondary N) is 1. The lowest BCUT2D eigenvalue weighted by Crippen LogP contribution is -2.16. The van der Waals surface area contributed by atoms with Gasteiger partial charge in [0.15, 0.2) is 0 Å². The van der Waals surface area contributed by atoms with E-state index in [0.29, 0.717) is 0 Å². The van der Waals surface area contributed by atoms with Crippen LogP contribution in [0.25, 0.3) is 11.4 Å². The zero-order chi connectivity index (χ0) is 14.0. The van der Waals surface area contributed by atoms with Gasteiger partial charge in [0.25, 0.3) is 5.56 Å². The first-order valence-corrected chi connectivity index (χ1v) is 5.29. The van der Waals surface area contributed by atoms with Crippen LogP contribution in [0.15, 0.2) is 29.1 Å². The summed E-state index contributed by atoms with van der Waals surface area (Å²) in [4.78, 5) is 17.3. The van der Waals surface area contributed by atoms with Crippen molar-refractivity contribution >= 4 is 0 Å². The third kappa shape index (κ3) is 2.75. The second-order valence-electron chi connectivity index (χ2n) is 3.69. The van der Waals surface area contributed by atoms with Crippen molar-refractivity contribution in [3.63, 3.8) is 0 Å². The molecule has 0 bridgehead atoms. The fraction of sp³-hybridized carbons (Fsp3) is 0.167. The lowest BCUT2D eigenvalue weighted by Gasteiger charge is -2.10. The maximum Gasteiger partial charge on any atom is 0.387 e. The summed E-state index contributed by atoms with van der Waals surface area (Å²) in [7, 11) is 0. The van der Waals surface area contributed by atoms with Crippen LogP contribution in [0.5, 0.6) is 5.75 Å². The lowest BCUT2D eigenvalue weighted by atomic mass is 10.2. The van der Waals surface area contributed by atoms with Gasteiger partial charge in [0, 0.05) is 0 Å². The Balaban J connectivity index is 2.56. The minimum absolute atomic E-state index is 0.0276. The molecule has 100 valence electrons. The highest BCUT2D eigenvalue weighted by atomic mass is 19.3. The molecule has 0 amide bonds. The van der Waals surface area contributed by atoms with Gasteiger partial charge >= 0.3 is 6.61 Å². The molecule has 2 aromatic rings. The van der Waals surface area contributed by atoms with Crippen LogP contribution < -0.4 is 10.3 Å². The molecule has 0 spiro atoms. The molecular formula is C12H9F3N2O2. The fourth-order valence-corrected chi connectivity index (χ4v) is 1.56. The van der Waals surface area contributed by atoms with E-state index in [1.165, 1.54) is 25.1 Å². The number of aromatic amines is 1. The van der Waals surface area contributed by atoms with Crippen LogP contribution in [0.2, 0.25) is 0 Å². The zero-order valence-electron chi connectivity index (χ0n) is 9.78. The van der Waals surface area contributed by atoms with Crippen molar-refractivity contribution in [2.45, 2.75) is 13.5 Å². The number of aryl methyl sites for hydroxylation is 1. The predicted molar refractivity (Wildman–Crippen MR) is 61.6 cm³/mol. The Morgan fingerprint density at radius 1 is 1.32 bits per heavy atom. The van der Waals surface area contributed by atoms with Gasteiger partial charge in [-0.1, -0.05) is 12.1 Å². The second kappa shape index (κ2) is 5.13. The van der Waals surface area contributed by atoms with E-state index in [9.17, 15) is 18.0 Å². The van der Waals surface area contributed by atoms with Gasteiger partial charge in [0.1, 0.15) is 11.6 Å². The summed E-state index contributed by atoms with van der Waals surface area (Å²) in [6, 6.07) is 5.80. The van der Waals surface area contributed by atoms with Gasteiger partial charge in [-0.05, 0) is 19.1 Å². The number of alkyl halides is 2. The summed E-state index contributed by atoms with van der Waals surface area (Å²) in [6.45, 7) is -1.69. The van der Waals surface area contributed by atoms with Crippen molar-refractivity contribution in [2.75, 3.05) is 0 Å². The average molecular weight is 270 g/mol. The molecule has 0 atom stereocenters. The van der Waals surface area contributed by atoms with E-state index in [4.69, 9.17) is 0 Å². The molecule has 1 N–H and O–H groups in total. The first-order valence-electron chi connectivity index (χ1n) is 5.29. The SMILES string of the molecule is Cc1nc(-c2ccccc2OC(F)F)[nH]c(=O)c1F. The van der Waals surface area contributed by atoms with Crippen LogP contribution in [0.3, 0.4) is 0 Å². The zero-order valence-corrected chi connectivity index (χ0v) is 9.78. The lowest BCUT2D eigenvalue weighted by molar-refractivity contribution is -0.0494. The van der Waals surface area contributed by atoms with Crippen LogP contribution in [-0.2, 0) is 0 Å². The molecule has 0 unspecified atom stereocenters. The van der Waals surface area contributed by atoms with Crippen LogP contribution in [0, 0.1) is 12.7 Å². The highest BCUT2D eigenvalue weighted by Crippen LogP contribution is 2.28. The van der Waals surface area contributed by atoms with Crippen molar-refractivity contribution in [2.24, 2.45) is 0 Å². The van der Waals surface area contributed by atoms with Crippen molar-refractivity contribution in [3.05, 3.63) is 46.1 Å². The van der Waals surface area contributed by atoms with E-state index in [1.807, 2.05) is 0 Å². The van der Waals surface area contributed by atoms with Crippen LogP contribution in [-0.4, -0.2) is 16.6 Å². The number of ether oxygens (including phenoxy) is 1. The molecular weight excluding hydrogens is 261 g/mol. The summed E-state index contributed by atoms with van der Waals surface area (Å²) in [5.41, 5.74) is -0.928. The Hall–Kier alpha value is -2.31. The summed E-state index contributed by atoms with van der Waals surface area (Å²) in [5.74, 6) is -1.18. The summed E-state index contributed by atoms with van der Waals surface area (Å²) >= 11 is 0. The minimum Gasteiger partial charge on any atom is -0.434 e. The smallest absolute Gasteiger partial charge is 0.387 e. The number of H-pyrrole nitrogens is 1. The Labute approximate surface area is 105 Å². The number of aromatic nitrogens is 2. The Morgan fingerprint density at radius 2 is 2.00 bits per heavy atom. The molecule has 0 aliphatic heterocycles. The van der Waals surface area contributed by atoms with Crippen LogP contribution >= 0.6 is 0 Å². The number of para-hydroxylation sites is 1. The Morgan fingerprint density at radius 3 is 2.63 bits per heavy atom. The van der Waals surface area contributed by atoms with Crippen molar-refractivity contribution < 1.29 is 17.9 Å². The molecule has 2 rings (SSSR count).